The molecule has 1 aliphatic heterocycles. The fourth-order valence-corrected chi connectivity index (χ4v) is 3.50. The average molecular weight is 289 g/mol. The summed E-state index contributed by atoms with van der Waals surface area (Å²) in [6.45, 7) is 9.76. The van der Waals surface area contributed by atoms with Gasteiger partial charge in [-0.1, -0.05) is 36.8 Å². The van der Waals surface area contributed by atoms with E-state index in [1.807, 2.05) is 0 Å². The van der Waals surface area contributed by atoms with Crippen LogP contribution in [-0.4, -0.2) is 48.6 Å². The second-order valence-corrected chi connectivity index (χ2v) is 6.62. The number of nitrogens with two attached hydrogens (primary N) is 1. The number of hydrogen-bond donors (Lipinski definition) is 1. The molecule has 3 nitrogen and oxygen atoms in total. The molecule has 0 atom stereocenters. The number of hydrogen-bond acceptors (Lipinski definition) is 3. The third-order valence-electron chi connectivity index (χ3n) is 5.02. The third kappa shape index (κ3) is 4.06. The summed E-state index contributed by atoms with van der Waals surface area (Å²) in [5, 5.41) is 0. The van der Waals surface area contributed by atoms with Crippen LogP contribution in [0.2, 0.25) is 0 Å². The molecule has 1 heterocycles. The molecule has 118 valence electrons. The molecule has 0 radical (unpaired) electrons. The van der Waals surface area contributed by atoms with Crippen molar-refractivity contribution in [1.82, 2.24) is 9.80 Å². The van der Waals surface area contributed by atoms with Crippen molar-refractivity contribution in [3.63, 3.8) is 0 Å². The highest BCUT2D eigenvalue weighted by molar-refractivity contribution is 5.22. The fourth-order valence-electron chi connectivity index (χ4n) is 3.50. The van der Waals surface area contributed by atoms with Gasteiger partial charge in [-0.05, 0) is 58.4 Å². The van der Waals surface area contributed by atoms with Gasteiger partial charge < -0.3 is 10.6 Å². The maximum Gasteiger partial charge on any atom is 0.0356 e. The maximum atomic E-state index is 6.18. The van der Waals surface area contributed by atoms with E-state index in [9.17, 15) is 0 Å². The predicted octanol–water partition coefficient (Wildman–Crippen LogP) is 2.63. The minimum absolute atomic E-state index is 0.175. The van der Waals surface area contributed by atoms with Crippen LogP contribution in [-0.2, 0) is 6.54 Å². The van der Waals surface area contributed by atoms with Gasteiger partial charge in [0.25, 0.3) is 0 Å². The monoisotopic (exact) mass is 289 g/mol. The summed E-state index contributed by atoms with van der Waals surface area (Å²) in [6, 6.07) is 8.82. The van der Waals surface area contributed by atoms with Crippen molar-refractivity contribution in [3.05, 3.63) is 35.4 Å². The van der Waals surface area contributed by atoms with E-state index >= 15 is 0 Å². The second-order valence-electron chi connectivity index (χ2n) is 6.62. The Morgan fingerprint density at radius 1 is 1.29 bits per heavy atom. The molecule has 1 fully saturated rings. The summed E-state index contributed by atoms with van der Waals surface area (Å²) in [6.07, 6.45) is 3.62. The normalized spacial score (nSPS) is 19.1. The molecule has 2 N–H and O–H groups in total. The van der Waals surface area contributed by atoms with Crippen molar-refractivity contribution in [3.8, 4) is 0 Å². The van der Waals surface area contributed by atoms with E-state index in [2.05, 4.69) is 55.0 Å². The van der Waals surface area contributed by atoms with E-state index in [-0.39, 0.29) is 5.54 Å². The Balaban J connectivity index is 2.00. The third-order valence-corrected chi connectivity index (χ3v) is 5.02. The smallest absolute Gasteiger partial charge is 0.0356 e. The highest BCUT2D eigenvalue weighted by Gasteiger charge is 2.36. The van der Waals surface area contributed by atoms with Crippen LogP contribution in [0.15, 0.2) is 24.3 Å². The molecule has 1 aromatic rings. The summed E-state index contributed by atoms with van der Waals surface area (Å²) >= 11 is 0. The van der Waals surface area contributed by atoms with Gasteiger partial charge in [-0.3, -0.25) is 4.90 Å². The van der Waals surface area contributed by atoms with Gasteiger partial charge >= 0.3 is 0 Å². The molecule has 1 saturated heterocycles. The van der Waals surface area contributed by atoms with E-state index in [0.29, 0.717) is 0 Å². The molecule has 21 heavy (non-hydrogen) atoms. The van der Waals surface area contributed by atoms with Crippen LogP contribution in [0.1, 0.15) is 37.3 Å². The van der Waals surface area contributed by atoms with E-state index < -0.39 is 0 Å². The lowest BCUT2D eigenvalue weighted by Gasteiger charge is -2.47. The van der Waals surface area contributed by atoms with Gasteiger partial charge in [0.15, 0.2) is 0 Å². The lowest BCUT2D eigenvalue weighted by molar-refractivity contribution is 0.0401. The molecule has 1 aromatic carbocycles. The minimum atomic E-state index is 0.175. The van der Waals surface area contributed by atoms with E-state index in [1.165, 1.54) is 50.0 Å². The van der Waals surface area contributed by atoms with Crippen molar-refractivity contribution in [2.24, 2.45) is 5.73 Å². The lowest BCUT2D eigenvalue weighted by atomic mass is 9.85. The number of likely N-dealkylation sites (tertiary alicyclic amines) is 1. The van der Waals surface area contributed by atoms with Gasteiger partial charge in [0.1, 0.15) is 0 Å². The summed E-state index contributed by atoms with van der Waals surface area (Å²) < 4.78 is 0. The van der Waals surface area contributed by atoms with Gasteiger partial charge in [-0.15, -0.1) is 0 Å². The summed E-state index contributed by atoms with van der Waals surface area (Å²) in [5.41, 5.74) is 9.08. The SMILES string of the molecule is CCCN1CCC(CN)(N(C)Cc2cccc(C)c2)CC1. The van der Waals surface area contributed by atoms with Gasteiger partial charge in [0.05, 0.1) is 0 Å². The van der Waals surface area contributed by atoms with Crippen LogP contribution in [0, 0.1) is 6.92 Å². The number of aryl methyl sites for hydroxylation is 1. The van der Waals surface area contributed by atoms with Gasteiger partial charge in [0.2, 0.25) is 0 Å². The Hall–Kier alpha value is -0.900. The number of piperidine rings is 1. The molecule has 0 unspecified atom stereocenters. The highest BCUT2D eigenvalue weighted by Crippen LogP contribution is 2.28. The number of rotatable bonds is 6. The van der Waals surface area contributed by atoms with E-state index in [1.54, 1.807) is 0 Å². The first-order valence-electron chi connectivity index (χ1n) is 8.29. The highest BCUT2D eigenvalue weighted by atomic mass is 15.2. The molecule has 0 bridgehead atoms. The van der Waals surface area contributed by atoms with Gasteiger partial charge in [0, 0.05) is 18.6 Å². The first-order valence-corrected chi connectivity index (χ1v) is 8.29. The number of benzene rings is 1. The van der Waals surface area contributed by atoms with Crippen molar-refractivity contribution in [2.45, 2.75) is 45.2 Å². The maximum absolute atomic E-state index is 6.18. The van der Waals surface area contributed by atoms with Crippen LogP contribution in [0.5, 0.6) is 0 Å². The molecule has 0 aromatic heterocycles. The number of nitrogens with zero attached hydrogens (tertiary/aromatic N) is 2. The standard InChI is InChI=1S/C18H31N3/c1-4-10-21-11-8-18(15-19,9-12-21)20(3)14-17-7-5-6-16(2)13-17/h5-7,13H,4,8-12,14-15,19H2,1-3H3. The summed E-state index contributed by atoms with van der Waals surface area (Å²) in [4.78, 5) is 5.07. The minimum Gasteiger partial charge on any atom is -0.329 e. The molecule has 0 amide bonds. The average Bonchev–Trinajstić information content (AvgIpc) is 2.48. The first kappa shape index (κ1) is 16.5. The molecular weight excluding hydrogens is 258 g/mol. The molecule has 3 heteroatoms. The second kappa shape index (κ2) is 7.39. The topological polar surface area (TPSA) is 32.5 Å². The Bertz CT molecular complexity index is 436. The van der Waals surface area contributed by atoms with Crippen molar-refractivity contribution < 1.29 is 0 Å². The molecule has 0 saturated carbocycles. The van der Waals surface area contributed by atoms with E-state index in [4.69, 9.17) is 5.73 Å². The molecule has 0 spiro atoms. The number of likely N-dealkylation sites (N-methyl/N-ethyl adjacent to an activating group) is 1. The Labute approximate surface area is 130 Å². The first-order chi connectivity index (χ1) is 10.1. The molecule has 0 aliphatic carbocycles. The zero-order valence-electron chi connectivity index (χ0n) is 13.9. The largest absolute Gasteiger partial charge is 0.329 e. The van der Waals surface area contributed by atoms with Crippen molar-refractivity contribution in [2.75, 3.05) is 33.2 Å². The Morgan fingerprint density at radius 3 is 2.57 bits per heavy atom. The zero-order chi connectivity index (χ0) is 15.3. The van der Waals surface area contributed by atoms with E-state index in [0.717, 1.165) is 13.1 Å². The molecule has 2 rings (SSSR count). The van der Waals surface area contributed by atoms with Crippen LogP contribution in [0.25, 0.3) is 0 Å². The van der Waals surface area contributed by atoms with Gasteiger partial charge in [-0.25, -0.2) is 0 Å². The van der Waals surface area contributed by atoms with Crippen LogP contribution >= 0.6 is 0 Å². The quantitative estimate of drug-likeness (QED) is 0.874. The Kier molecular flexibility index (Phi) is 5.80. The zero-order valence-corrected chi connectivity index (χ0v) is 13.9. The predicted molar refractivity (Wildman–Crippen MR) is 90.4 cm³/mol. The van der Waals surface area contributed by atoms with Crippen LogP contribution in [0.4, 0.5) is 0 Å². The van der Waals surface area contributed by atoms with Crippen molar-refractivity contribution in [1.29, 1.82) is 0 Å². The lowest BCUT2D eigenvalue weighted by Crippen LogP contribution is -2.57. The molecule has 1 aliphatic rings. The van der Waals surface area contributed by atoms with Crippen molar-refractivity contribution >= 4 is 0 Å². The summed E-state index contributed by atoms with van der Waals surface area (Å²) in [5.74, 6) is 0. The fraction of sp³-hybridized carbons (Fsp3) is 0.667. The summed E-state index contributed by atoms with van der Waals surface area (Å²) in [7, 11) is 2.24. The van der Waals surface area contributed by atoms with Crippen LogP contribution < -0.4 is 5.73 Å². The van der Waals surface area contributed by atoms with Gasteiger partial charge in [-0.2, -0.15) is 0 Å². The molecular formula is C18H31N3. The Morgan fingerprint density at radius 2 is 2.00 bits per heavy atom. The van der Waals surface area contributed by atoms with Crippen LogP contribution in [0.3, 0.4) is 0 Å².